The van der Waals surface area contributed by atoms with Crippen molar-refractivity contribution in [3.63, 3.8) is 0 Å². The Morgan fingerprint density at radius 2 is 2.22 bits per heavy atom. The van der Waals surface area contributed by atoms with Crippen LogP contribution in [0.4, 0.5) is 0 Å². The molecule has 1 aromatic heterocycles. The van der Waals surface area contributed by atoms with Crippen LogP contribution in [0.2, 0.25) is 0 Å². The third-order valence-corrected chi connectivity index (χ3v) is 3.69. The number of amides is 2. The van der Waals surface area contributed by atoms with Crippen molar-refractivity contribution in [3.05, 3.63) is 23.7 Å². The van der Waals surface area contributed by atoms with Crippen molar-refractivity contribution in [2.24, 2.45) is 0 Å². The van der Waals surface area contributed by atoms with E-state index in [0.29, 0.717) is 24.2 Å². The monoisotopic (exact) mass is 251 g/mol. The Morgan fingerprint density at radius 1 is 1.50 bits per heavy atom. The fraction of sp³-hybridized carbons (Fsp3) is 0.538. The van der Waals surface area contributed by atoms with Crippen LogP contribution in [0.3, 0.4) is 0 Å². The van der Waals surface area contributed by atoms with Gasteiger partial charge in [0.15, 0.2) is 0 Å². The largest absolute Gasteiger partial charge is 0.468 e. The third-order valence-electron chi connectivity index (χ3n) is 3.69. The highest BCUT2D eigenvalue weighted by Gasteiger charge is 2.43. The molecule has 98 valence electrons. The van der Waals surface area contributed by atoms with Gasteiger partial charge in [0.05, 0.1) is 23.8 Å². The standard InChI is InChI=1S/C13H17NO4/c1-3-13(2,5-6-15)14-11(16)8-10-9(12(14)17)4-7-18-10/h4,7,15H,3,5-6,8H2,1-2H3. The quantitative estimate of drug-likeness (QED) is 0.820. The molecule has 2 heterocycles. The van der Waals surface area contributed by atoms with E-state index in [2.05, 4.69) is 0 Å². The number of aliphatic hydroxyl groups is 1. The van der Waals surface area contributed by atoms with Crippen molar-refractivity contribution in [3.8, 4) is 0 Å². The second-order valence-corrected chi connectivity index (χ2v) is 4.79. The summed E-state index contributed by atoms with van der Waals surface area (Å²) < 4.78 is 5.13. The summed E-state index contributed by atoms with van der Waals surface area (Å²) >= 11 is 0. The van der Waals surface area contributed by atoms with Crippen LogP contribution < -0.4 is 0 Å². The van der Waals surface area contributed by atoms with Gasteiger partial charge < -0.3 is 9.52 Å². The number of fused-ring (bicyclic) bond motifs is 1. The summed E-state index contributed by atoms with van der Waals surface area (Å²) in [5, 5.41) is 9.12. The molecule has 2 rings (SSSR count). The molecule has 1 aromatic rings. The maximum absolute atomic E-state index is 12.3. The Bertz CT molecular complexity index is 479. The van der Waals surface area contributed by atoms with Crippen molar-refractivity contribution in [2.45, 2.75) is 38.6 Å². The Kier molecular flexibility index (Phi) is 3.26. The molecule has 0 bridgehead atoms. The number of hydrogen-bond acceptors (Lipinski definition) is 4. The van der Waals surface area contributed by atoms with Crippen LogP contribution in [-0.2, 0) is 11.2 Å². The number of aliphatic hydroxyl groups excluding tert-OH is 1. The second-order valence-electron chi connectivity index (χ2n) is 4.79. The normalized spacial score (nSPS) is 18.7. The molecule has 0 spiro atoms. The van der Waals surface area contributed by atoms with E-state index in [0.717, 1.165) is 0 Å². The van der Waals surface area contributed by atoms with Crippen LogP contribution >= 0.6 is 0 Å². The Hall–Kier alpha value is -1.62. The van der Waals surface area contributed by atoms with Gasteiger partial charge in [-0.15, -0.1) is 0 Å². The molecular weight excluding hydrogens is 234 g/mol. The molecule has 2 amide bonds. The average Bonchev–Trinajstić information content (AvgIpc) is 2.77. The molecule has 5 nitrogen and oxygen atoms in total. The minimum atomic E-state index is -0.641. The van der Waals surface area contributed by atoms with Gasteiger partial charge in [0, 0.05) is 6.61 Å². The molecule has 0 fully saturated rings. The number of rotatable bonds is 4. The van der Waals surface area contributed by atoms with Crippen LogP contribution in [0.15, 0.2) is 16.7 Å². The molecule has 0 aromatic carbocycles. The summed E-state index contributed by atoms with van der Waals surface area (Å²) in [5.74, 6) is -0.156. The Balaban J connectivity index is 2.40. The molecule has 1 aliphatic heterocycles. The lowest BCUT2D eigenvalue weighted by atomic mass is 9.89. The predicted molar refractivity (Wildman–Crippen MR) is 64.0 cm³/mol. The first-order chi connectivity index (χ1) is 8.53. The van der Waals surface area contributed by atoms with Crippen molar-refractivity contribution in [1.82, 2.24) is 4.90 Å². The zero-order chi connectivity index (χ0) is 13.3. The summed E-state index contributed by atoms with van der Waals surface area (Å²) in [6, 6.07) is 1.59. The Labute approximate surface area is 105 Å². The molecular formula is C13H17NO4. The van der Waals surface area contributed by atoms with Crippen LogP contribution in [0.25, 0.3) is 0 Å². The van der Waals surface area contributed by atoms with Gasteiger partial charge in [0.1, 0.15) is 5.76 Å². The number of furan rings is 1. The van der Waals surface area contributed by atoms with E-state index in [4.69, 9.17) is 9.52 Å². The highest BCUT2D eigenvalue weighted by molar-refractivity contribution is 6.09. The molecule has 1 atom stereocenters. The third kappa shape index (κ3) is 1.84. The number of hydrogen-bond donors (Lipinski definition) is 1. The number of carbonyl (C=O) groups is 2. The molecule has 18 heavy (non-hydrogen) atoms. The van der Waals surface area contributed by atoms with E-state index in [1.54, 1.807) is 6.07 Å². The smallest absolute Gasteiger partial charge is 0.264 e. The maximum atomic E-state index is 12.3. The lowest BCUT2D eigenvalue weighted by Gasteiger charge is -2.40. The molecule has 1 unspecified atom stereocenters. The number of carbonyl (C=O) groups excluding carboxylic acids is 2. The zero-order valence-corrected chi connectivity index (χ0v) is 10.6. The van der Waals surface area contributed by atoms with Gasteiger partial charge in [0.2, 0.25) is 5.91 Å². The minimum absolute atomic E-state index is 0.0559. The maximum Gasteiger partial charge on any atom is 0.264 e. The second kappa shape index (κ2) is 4.57. The number of nitrogens with zero attached hydrogens (tertiary/aromatic N) is 1. The summed E-state index contributed by atoms with van der Waals surface area (Å²) in [4.78, 5) is 25.7. The highest BCUT2D eigenvalue weighted by Crippen LogP contribution is 2.31. The fourth-order valence-corrected chi connectivity index (χ4v) is 2.35. The summed E-state index contributed by atoms with van der Waals surface area (Å²) in [7, 11) is 0. The first-order valence-electron chi connectivity index (χ1n) is 6.08. The van der Waals surface area contributed by atoms with Crippen molar-refractivity contribution < 1.29 is 19.1 Å². The molecule has 0 saturated carbocycles. The lowest BCUT2D eigenvalue weighted by Crippen LogP contribution is -2.55. The van der Waals surface area contributed by atoms with E-state index in [1.165, 1.54) is 11.2 Å². The average molecular weight is 251 g/mol. The first kappa shape index (κ1) is 12.8. The van der Waals surface area contributed by atoms with Gasteiger partial charge >= 0.3 is 0 Å². The first-order valence-corrected chi connectivity index (χ1v) is 6.08. The van der Waals surface area contributed by atoms with Crippen molar-refractivity contribution in [2.75, 3.05) is 6.61 Å². The van der Waals surface area contributed by atoms with E-state index in [9.17, 15) is 9.59 Å². The molecule has 1 N–H and O–H groups in total. The van der Waals surface area contributed by atoms with Gasteiger partial charge in [0.25, 0.3) is 5.91 Å². The summed E-state index contributed by atoms with van der Waals surface area (Å²) in [6.45, 7) is 3.67. The molecule has 1 aliphatic rings. The predicted octanol–water partition coefficient (Wildman–Crippen LogP) is 1.36. The highest BCUT2D eigenvalue weighted by atomic mass is 16.3. The molecule has 0 saturated heterocycles. The zero-order valence-electron chi connectivity index (χ0n) is 10.6. The van der Waals surface area contributed by atoms with Gasteiger partial charge in [-0.3, -0.25) is 14.5 Å². The van der Waals surface area contributed by atoms with Crippen molar-refractivity contribution >= 4 is 11.8 Å². The number of imide groups is 1. The SMILES string of the molecule is CCC(C)(CCO)N1C(=O)Cc2occc2C1=O. The Morgan fingerprint density at radius 3 is 2.83 bits per heavy atom. The topological polar surface area (TPSA) is 70.8 Å². The molecule has 5 heteroatoms. The van der Waals surface area contributed by atoms with E-state index in [1.807, 2.05) is 13.8 Å². The van der Waals surface area contributed by atoms with E-state index < -0.39 is 5.54 Å². The molecule has 0 aliphatic carbocycles. The van der Waals surface area contributed by atoms with Crippen LogP contribution in [-0.4, -0.2) is 34.0 Å². The van der Waals surface area contributed by atoms with E-state index >= 15 is 0 Å². The van der Waals surface area contributed by atoms with Gasteiger partial charge in [-0.1, -0.05) is 6.92 Å². The van der Waals surface area contributed by atoms with E-state index in [-0.39, 0.29) is 24.8 Å². The fourth-order valence-electron chi connectivity index (χ4n) is 2.35. The summed E-state index contributed by atoms with van der Waals surface area (Å²) in [5.41, 5.74) is -0.190. The molecule has 0 radical (unpaired) electrons. The van der Waals surface area contributed by atoms with Crippen LogP contribution in [0, 0.1) is 0 Å². The van der Waals surface area contributed by atoms with Gasteiger partial charge in [-0.05, 0) is 25.8 Å². The van der Waals surface area contributed by atoms with Crippen molar-refractivity contribution in [1.29, 1.82) is 0 Å². The minimum Gasteiger partial charge on any atom is -0.468 e. The lowest BCUT2D eigenvalue weighted by molar-refractivity contribution is -0.134. The van der Waals surface area contributed by atoms with Gasteiger partial charge in [-0.25, -0.2) is 0 Å². The summed E-state index contributed by atoms with van der Waals surface area (Å²) in [6.07, 6.45) is 2.52. The van der Waals surface area contributed by atoms with Gasteiger partial charge in [-0.2, -0.15) is 0 Å². The van der Waals surface area contributed by atoms with Crippen LogP contribution in [0.5, 0.6) is 0 Å². The van der Waals surface area contributed by atoms with Crippen LogP contribution in [0.1, 0.15) is 42.8 Å².